The zero-order valence-corrected chi connectivity index (χ0v) is 12.9. The molecule has 0 saturated heterocycles. The molecule has 0 spiro atoms. The number of aromatic nitrogens is 2. The zero-order valence-electron chi connectivity index (χ0n) is 11.2. The van der Waals surface area contributed by atoms with Crippen molar-refractivity contribution < 1.29 is 13.8 Å². The van der Waals surface area contributed by atoms with Crippen LogP contribution in [-0.2, 0) is 16.3 Å². The summed E-state index contributed by atoms with van der Waals surface area (Å²) in [4.78, 5) is 0. The molecule has 7 heteroatoms. The van der Waals surface area contributed by atoms with Crippen molar-refractivity contribution in [3.63, 3.8) is 0 Å². The number of rotatable bonds is 6. The highest BCUT2D eigenvalue weighted by molar-refractivity contribution is 8.13. The van der Waals surface area contributed by atoms with E-state index in [1.54, 1.807) is 12.1 Å². The Balaban J connectivity index is 2.27. The number of nitrogens with zero attached hydrogens (tertiary/aromatic N) is 2. The van der Waals surface area contributed by atoms with E-state index in [0.29, 0.717) is 18.4 Å². The second kappa shape index (κ2) is 6.79. The Hall–Kier alpha value is -1.49. The van der Waals surface area contributed by atoms with E-state index in [0.717, 1.165) is 5.30 Å². The Labute approximate surface area is 123 Å². The summed E-state index contributed by atoms with van der Waals surface area (Å²) in [6.45, 7) is -0.277. The first-order valence-corrected chi connectivity index (χ1v) is 8.69. The Morgan fingerprint density at radius 3 is 2.25 bits per heavy atom. The van der Waals surface area contributed by atoms with Crippen LogP contribution in [0.2, 0.25) is 0 Å². The predicted octanol–water partition coefficient (Wildman–Crippen LogP) is 2.54. The van der Waals surface area contributed by atoms with Crippen LogP contribution < -0.4 is 14.6 Å². The fraction of sp³-hybridized carbons (Fsp3) is 0.231. The van der Waals surface area contributed by atoms with Crippen molar-refractivity contribution in [2.45, 2.75) is 6.92 Å². The molecule has 0 aliphatic carbocycles. The lowest BCUT2D eigenvalue weighted by Crippen LogP contribution is -2.12. The van der Waals surface area contributed by atoms with Crippen LogP contribution >= 0.6 is 6.49 Å². The summed E-state index contributed by atoms with van der Waals surface area (Å²) >= 11 is 5.58. The molecule has 1 atom stereocenters. The van der Waals surface area contributed by atoms with Crippen molar-refractivity contribution in [1.82, 2.24) is 10.2 Å². The number of methoxy groups -OCH3 is 1. The zero-order chi connectivity index (χ0) is 14.4. The Morgan fingerprint density at radius 1 is 1.05 bits per heavy atom. The highest BCUT2D eigenvalue weighted by Crippen LogP contribution is 2.46. The molecular weight excluding hydrogens is 295 g/mol. The van der Waals surface area contributed by atoms with Crippen LogP contribution in [0.3, 0.4) is 0 Å². The van der Waals surface area contributed by atoms with Crippen LogP contribution in [0, 0.1) is 0 Å². The van der Waals surface area contributed by atoms with E-state index in [1.807, 2.05) is 37.3 Å². The summed E-state index contributed by atoms with van der Waals surface area (Å²) in [6, 6.07) is 12.8. The van der Waals surface area contributed by atoms with Crippen LogP contribution in [0.4, 0.5) is 0 Å². The van der Waals surface area contributed by atoms with Crippen LogP contribution in [0.15, 0.2) is 42.5 Å². The van der Waals surface area contributed by atoms with Gasteiger partial charge in [-0.05, 0) is 30.9 Å². The fourth-order valence-electron chi connectivity index (χ4n) is 1.52. The van der Waals surface area contributed by atoms with Crippen LogP contribution in [0.25, 0.3) is 0 Å². The van der Waals surface area contributed by atoms with Crippen molar-refractivity contribution in [2.75, 3.05) is 13.7 Å². The standard InChI is InChI=1S/C13H15N2O3PS/c1-3-17-19(20,11-7-5-4-6-8-11)18-13-10-9-12(16-2)14-15-13/h4-10H,3H2,1-2H3. The van der Waals surface area contributed by atoms with Crippen LogP contribution in [0.5, 0.6) is 11.8 Å². The first kappa shape index (κ1) is 14.9. The third kappa shape index (κ3) is 3.54. The van der Waals surface area contributed by atoms with E-state index in [-0.39, 0.29) is 0 Å². The minimum absolute atomic E-state index is 0.325. The molecule has 0 amide bonds. The fourth-order valence-corrected chi connectivity index (χ4v) is 3.96. The lowest BCUT2D eigenvalue weighted by molar-refractivity contribution is 0.333. The van der Waals surface area contributed by atoms with Gasteiger partial charge in [0.1, 0.15) is 0 Å². The molecule has 1 aromatic carbocycles. The Bertz CT molecular complexity index is 592. The van der Waals surface area contributed by atoms with Gasteiger partial charge in [-0.3, -0.25) is 0 Å². The monoisotopic (exact) mass is 310 g/mol. The van der Waals surface area contributed by atoms with Gasteiger partial charge in [0.25, 0.3) is 6.49 Å². The molecule has 5 nitrogen and oxygen atoms in total. The van der Waals surface area contributed by atoms with E-state index >= 15 is 0 Å². The summed E-state index contributed by atoms with van der Waals surface area (Å²) in [5, 5.41) is 8.62. The van der Waals surface area contributed by atoms with Gasteiger partial charge in [0.05, 0.1) is 13.7 Å². The maximum absolute atomic E-state index is 5.80. The van der Waals surface area contributed by atoms with Gasteiger partial charge in [0.15, 0.2) is 0 Å². The summed E-state index contributed by atoms with van der Waals surface area (Å²) in [7, 11) is 1.53. The molecule has 0 radical (unpaired) electrons. The molecule has 0 fully saturated rings. The lowest BCUT2D eigenvalue weighted by Gasteiger charge is -2.21. The van der Waals surface area contributed by atoms with Gasteiger partial charge < -0.3 is 13.8 Å². The van der Waals surface area contributed by atoms with Crippen molar-refractivity contribution in [1.29, 1.82) is 0 Å². The average molecular weight is 310 g/mol. The minimum Gasteiger partial charge on any atom is -0.480 e. The number of benzene rings is 1. The van der Waals surface area contributed by atoms with E-state index in [1.165, 1.54) is 7.11 Å². The predicted molar refractivity (Wildman–Crippen MR) is 81.2 cm³/mol. The Morgan fingerprint density at radius 2 is 1.70 bits per heavy atom. The first-order chi connectivity index (χ1) is 9.68. The maximum Gasteiger partial charge on any atom is 0.270 e. The molecule has 0 N–H and O–H groups in total. The molecular formula is C13H15N2O3PS. The molecule has 0 bridgehead atoms. The van der Waals surface area contributed by atoms with E-state index in [4.69, 9.17) is 25.6 Å². The van der Waals surface area contributed by atoms with E-state index < -0.39 is 6.49 Å². The molecule has 0 saturated carbocycles. The summed E-state index contributed by atoms with van der Waals surface area (Å²) < 4.78 is 16.4. The number of ether oxygens (including phenoxy) is 1. The number of hydrogen-bond acceptors (Lipinski definition) is 6. The van der Waals surface area contributed by atoms with Crippen LogP contribution in [0.1, 0.15) is 6.92 Å². The molecule has 1 unspecified atom stereocenters. The molecule has 2 aromatic rings. The van der Waals surface area contributed by atoms with Crippen molar-refractivity contribution in [3.05, 3.63) is 42.5 Å². The van der Waals surface area contributed by atoms with Gasteiger partial charge in [0.2, 0.25) is 11.8 Å². The van der Waals surface area contributed by atoms with Gasteiger partial charge >= 0.3 is 0 Å². The third-order valence-electron chi connectivity index (χ3n) is 2.41. The lowest BCUT2D eigenvalue weighted by atomic mass is 10.4. The minimum atomic E-state index is -2.63. The maximum atomic E-state index is 5.80. The largest absolute Gasteiger partial charge is 0.480 e. The molecule has 2 rings (SSSR count). The normalized spacial score (nSPS) is 13.5. The van der Waals surface area contributed by atoms with E-state index in [2.05, 4.69) is 10.2 Å². The summed E-state index contributed by atoms with van der Waals surface area (Å²) in [5.41, 5.74) is 0. The molecule has 106 valence electrons. The summed E-state index contributed by atoms with van der Waals surface area (Å²) in [5.74, 6) is 0.744. The molecule has 20 heavy (non-hydrogen) atoms. The molecule has 1 aromatic heterocycles. The quantitative estimate of drug-likeness (QED) is 0.764. The summed E-state index contributed by atoms with van der Waals surface area (Å²) in [6.07, 6.45) is 0. The van der Waals surface area contributed by atoms with Gasteiger partial charge in [-0.15, -0.1) is 10.2 Å². The van der Waals surface area contributed by atoms with E-state index in [9.17, 15) is 0 Å². The smallest absolute Gasteiger partial charge is 0.270 e. The molecule has 1 heterocycles. The average Bonchev–Trinajstić information content (AvgIpc) is 2.49. The third-order valence-corrected chi connectivity index (χ3v) is 5.54. The first-order valence-electron chi connectivity index (χ1n) is 6.05. The second-order valence-corrected chi connectivity index (χ2v) is 7.15. The van der Waals surface area contributed by atoms with Gasteiger partial charge in [0, 0.05) is 17.4 Å². The molecule has 0 aliphatic rings. The van der Waals surface area contributed by atoms with Crippen molar-refractivity contribution in [3.8, 4) is 11.8 Å². The van der Waals surface area contributed by atoms with Gasteiger partial charge in [-0.25, -0.2) is 0 Å². The number of hydrogen-bond donors (Lipinski definition) is 0. The topological polar surface area (TPSA) is 53.5 Å². The Kier molecular flexibility index (Phi) is 5.06. The molecule has 0 aliphatic heterocycles. The SMILES string of the molecule is CCOP(=S)(Oc1ccc(OC)nn1)c1ccccc1. The van der Waals surface area contributed by atoms with Gasteiger partial charge in [-0.2, -0.15) is 0 Å². The highest BCUT2D eigenvalue weighted by atomic mass is 32.5. The van der Waals surface area contributed by atoms with Crippen molar-refractivity contribution >= 4 is 23.6 Å². The highest BCUT2D eigenvalue weighted by Gasteiger charge is 2.23. The second-order valence-electron chi connectivity index (χ2n) is 3.76. The van der Waals surface area contributed by atoms with Crippen molar-refractivity contribution in [2.24, 2.45) is 0 Å². The van der Waals surface area contributed by atoms with Gasteiger partial charge in [-0.1, -0.05) is 18.2 Å². The van der Waals surface area contributed by atoms with Crippen LogP contribution in [-0.4, -0.2) is 23.9 Å².